The van der Waals surface area contributed by atoms with E-state index in [0.717, 1.165) is 38.8 Å². The van der Waals surface area contributed by atoms with Gasteiger partial charge in [0.15, 0.2) is 0 Å². The molecule has 0 bridgehead atoms. The second kappa shape index (κ2) is 9.13. The molecule has 8 nitrogen and oxygen atoms in total. The van der Waals surface area contributed by atoms with E-state index in [1.165, 1.54) is 24.4 Å². The molecule has 0 radical (unpaired) electrons. The van der Waals surface area contributed by atoms with Crippen LogP contribution in [0, 0.1) is 0 Å². The van der Waals surface area contributed by atoms with Gasteiger partial charge in [-0.25, -0.2) is 18.2 Å². The van der Waals surface area contributed by atoms with Gasteiger partial charge in [-0.1, -0.05) is 12.8 Å². The van der Waals surface area contributed by atoms with Gasteiger partial charge < -0.3 is 14.7 Å². The number of hydrogen-bond donors (Lipinski definition) is 2. The minimum atomic E-state index is -3.88. The van der Waals surface area contributed by atoms with Crippen molar-refractivity contribution in [3.05, 3.63) is 42.1 Å². The number of nitrogens with one attached hydrogen (secondary N) is 1. The molecular weight excluding hydrogens is 394 g/mol. The summed E-state index contributed by atoms with van der Waals surface area (Å²) in [5, 5.41) is 9.63. The van der Waals surface area contributed by atoms with Crippen molar-refractivity contribution in [2.75, 3.05) is 29.3 Å². The van der Waals surface area contributed by atoms with Gasteiger partial charge in [0.2, 0.25) is 0 Å². The second-order valence-electron chi connectivity index (χ2n) is 6.81. The molecule has 1 saturated heterocycles. The van der Waals surface area contributed by atoms with Crippen LogP contribution in [0.2, 0.25) is 0 Å². The minimum absolute atomic E-state index is 0.0150. The highest BCUT2D eigenvalue weighted by molar-refractivity contribution is 7.92. The molecule has 1 aromatic heterocycles. The Labute approximate surface area is 170 Å². The van der Waals surface area contributed by atoms with Crippen molar-refractivity contribution in [2.24, 2.45) is 0 Å². The third-order valence-corrected chi connectivity index (χ3v) is 6.10. The monoisotopic (exact) mass is 419 g/mol. The molecule has 156 valence electrons. The van der Waals surface area contributed by atoms with E-state index in [4.69, 9.17) is 4.74 Å². The molecule has 0 aliphatic carbocycles. The van der Waals surface area contributed by atoms with Crippen LogP contribution in [0.3, 0.4) is 0 Å². The quantitative estimate of drug-likeness (QED) is 0.708. The Bertz CT molecular complexity index is 953. The van der Waals surface area contributed by atoms with Crippen LogP contribution in [0.1, 0.15) is 43.0 Å². The summed E-state index contributed by atoms with van der Waals surface area (Å²) in [4.78, 5) is 18.1. The molecule has 3 rings (SSSR count). The number of pyridine rings is 1. The Morgan fingerprint density at radius 3 is 2.41 bits per heavy atom. The minimum Gasteiger partial charge on any atom is -0.494 e. The van der Waals surface area contributed by atoms with Crippen molar-refractivity contribution in [3.63, 3.8) is 0 Å². The van der Waals surface area contributed by atoms with Gasteiger partial charge >= 0.3 is 5.97 Å². The van der Waals surface area contributed by atoms with Crippen LogP contribution in [0.15, 0.2) is 41.4 Å². The number of hydrogen-bond acceptors (Lipinski definition) is 6. The van der Waals surface area contributed by atoms with Crippen molar-refractivity contribution in [1.82, 2.24) is 4.98 Å². The number of aromatic carboxylic acids is 1. The molecule has 2 heterocycles. The number of carboxylic acid groups (broad SMARTS) is 1. The first kappa shape index (κ1) is 20.9. The van der Waals surface area contributed by atoms with E-state index in [9.17, 15) is 18.3 Å². The Morgan fingerprint density at radius 1 is 1.17 bits per heavy atom. The molecule has 29 heavy (non-hydrogen) atoms. The lowest BCUT2D eigenvalue weighted by molar-refractivity contribution is 0.0697. The highest BCUT2D eigenvalue weighted by atomic mass is 32.2. The molecule has 0 saturated carbocycles. The van der Waals surface area contributed by atoms with Crippen LogP contribution in [-0.4, -0.2) is 44.2 Å². The van der Waals surface area contributed by atoms with Gasteiger partial charge in [-0.15, -0.1) is 0 Å². The van der Waals surface area contributed by atoms with Crippen LogP contribution in [0.4, 0.5) is 11.5 Å². The normalized spacial score (nSPS) is 14.9. The summed E-state index contributed by atoms with van der Waals surface area (Å²) < 4.78 is 33.0. The highest BCUT2D eigenvalue weighted by Crippen LogP contribution is 2.26. The van der Waals surface area contributed by atoms with Crippen LogP contribution >= 0.6 is 0 Å². The van der Waals surface area contributed by atoms with E-state index in [-0.39, 0.29) is 16.1 Å². The highest BCUT2D eigenvalue weighted by Gasteiger charge is 2.21. The van der Waals surface area contributed by atoms with Crippen molar-refractivity contribution >= 4 is 27.5 Å². The second-order valence-corrected chi connectivity index (χ2v) is 8.49. The molecule has 0 atom stereocenters. The van der Waals surface area contributed by atoms with Gasteiger partial charge in [0.1, 0.15) is 17.1 Å². The van der Waals surface area contributed by atoms with Crippen LogP contribution in [-0.2, 0) is 10.0 Å². The molecule has 9 heteroatoms. The van der Waals surface area contributed by atoms with Gasteiger partial charge in [-0.2, -0.15) is 0 Å². The molecule has 1 aliphatic heterocycles. The molecule has 1 aliphatic rings. The fourth-order valence-corrected chi connectivity index (χ4v) is 4.34. The smallest absolute Gasteiger partial charge is 0.339 e. The number of ether oxygens (including phenoxy) is 1. The first-order valence-electron chi connectivity index (χ1n) is 9.64. The summed E-state index contributed by atoms with van der Waals surface area (Å²) in [5.41, 5.74) is 0.0913. The predicted molar refractivity (Wildman–Crippen MR) is 110 cm³/mol. The number of aromatic nitrogens is 1. The Kier molecular flexibility index (Phi) is 6.58. The molecule has 2 aromatic rings. The Morgan fingerprint density at radius 2 is 1.83 bits per heavy atom. The zero-order valence-electron chi connectivity index (χ0n) is 16.3. The zero-order valence-corrected chi connectivity index (χ0v) is 17.1. The maximum absolute atomic E-state index is 12.6. The van der Waals surface area contributed by atoms with Crippen molar-refractivity contribution in [1.29, 1.82) is 0 Å². The third-order valence-electron chi connectivity index (χ3n) is 4.70. The number of benzene rings is 1. The zero-order chi connectivity index (χ0) is 20.9. The average Bonchev–Trinajstić information content (AvgIpc) is 2.98. The molecule has 0 unspecified atom stereocenters. The van der Waals surface area contributed by atoms with E-state index >= 15 is 0 Å². The molecule has 1 aromatic carbocycles. The van der Waals surface area contributed by atoms with Crippen molar-refractivity contribution in [2.45, 2.75) is 37.5 Å². The molecule has 2 N–H and O–H groups in total. The lowest BCUT2D eigenvalue weighted by atomic mass is 10.2. The van der Waals surface area contributed by atoms with Crippen LogP contribution in [0.5, 0.6) is 5.75 Å². The number of nitrogens with zero attached hydrogens (tertiary/aromatic N) is 2. The number of carboxylic acids is 1. The maximum Gasteiger partial charge on any atom is 0.339 e. The molecular formula is C20H25N3O5S. The molecule has 0 spiro atoms. The predicted octanol–water partition coefficient (Wildman–Crippen LogP) is 3.36. The first-order valence-corrected chi connectivity index (χ1v) is 11.1. The van der Waals surface area contributed by atoms with Gasteiger partial charge in [0.05, 0.1) is 23.4 Å². The number of sulfonamides is 1. The van der Waals surface area contributed by atoms with E-state index in [2.05, 4.69) is 9.71 Å². The molecule has 1 fully saturated rings. The number of rotatable bonds is 7. The summed E-state index contributed by atoms with van der Waals surface area (Å²) in [5.74, 6) is -0.189. The van der Waals surface area contributed by atoms with Crippen molar-refractivity contribution in [3.8, 4) is 5.75 Å². The summed E-state index contributed by atoms with van der Waals surface area (Å²) >= 11 is 0. The number of carbonyl (C=O) groups is 1. The standard InChI is InChI=1S/C20H25N3O5S/c1-2-28-16-7-9-17(10-8-16)29(26,27)22-15-13-18(20(24)25)19(21-14-15)23-11-5-3-4-6-12-23/h7-10,13-14,22H,2-6,11-12H2,1H3,(H,24,25). The van der Waals surface area contributed by atoms with Crippen molar-refractivity contribution < 1.29 is 23.1 Å². The van der Waals surface area contributed by atoms with Gasteiger partial charge in [-0.05, 0) is 50.1 Å². The average molecular weight is 420 g/mol. The molecule has 0 amide bonds. The third kappa shape index (κ3) is 5.17. The topological polar surface area (TPSA) is 109 Å². The van der Waals surface area contributed by atoms with Crippen LogP contribution in [0.25, 0.3) is 0 Å². The first-order chi connectivity index (χ1) is 13.9. The Hall–Kier alpha value is -2.81. The lowest BCUT2D eigenvalue weighted by Crippen LogP contribution is -2.27. The van der Waals surface area contributed by atoms with Gasteiger partial charge in [0, 0.05) is 13.1 Å². The SMILES string of the molecule is CCOc1ccc(S(=O)(=O)Nc2cnc(N3CCCCCC3)c(C(=O)O)c2)cc1. The largest absolute Gasteiger partial charge is 0.494 e. The summed E-state index contributed by atoms with van der Waals surface area (Å²) in [6.45, 7) is 3.81. The van der Waals surface area contributed by atoms with Gasteiger partial charge in [-0.3, -0.25) is 4.72 Å². The Balaban J connectivity index is 1.84. The van der Waals surface area contributed by atoms with E-state index < -0.39 is 16.0 Å². The number of anilines is 2. The lowest BCUT2D eigenvalue weighted by Gasteiger charge is -2.23. The summed E-state index contributed by atoms with van der Waals surface area (Å²) in [7, 11) is -3.88. The summed E-state index contributed by atoms with van der Waals surface area (Å²) in [6, 6.07) is 7.33. The van der Waals surface area contributed by atoms with E-state index in [0.29, 0.717) is 18.2 Å². The fraction of sp³-hybridized carbons (Fsp3) is 0.400. The summed E-state index contributed by atoms with van der Waals surface area (Å²) in [6.07, 6.45) is 5.54. The van der Waals surface area contributed by atoms with E-state index in [1.54, 1.807) is 12.1 Å². The fourth-order valence-electron chi connectivity index (χ4n) is 3.30. The van der Waals surface area contributed by atoms with Crippen LogP contribution < -0.4 is 14.4 Å². The van der Waals surface area contributed by atoms with Gasteiger partial charge in [0.25, 0.3) is 10.0 Å². The van der Waals surface area contributed by atoms with E-state index in [1.807, 2.05) is 11.8 Å². The maximum atomic E-state index is 12.6.